The van der Waals surface area contributed by atoms with Gasteiger partial charge in [-0.25, -0.2) is 8.78 Å². The van der Waals surface area contributed by atoms with E-state index in [0.29, 0.717) is 11.1 Å². The van der Waals surface area contributed by atoms with Crippen molar-refractivity contribution in [2.24, 2.45) is 5.73 Å². The number of ether oxygens (including phenoxy) is 1. The minimum Gasteiger partial charge on any atom is -0.460 e. The Kier molecular flexibility index (Phi) is 5.34. The molecule has 0 aliphatic heterocycles. The van der Waals surface area contributed by atoms with Gasteiger partial charge in [-0.3, -0.25) is 4.79 Å². The van der Waals surface area contributed by atoms with E-state index < -0.39 is 23.3 Å². The molecule has 2 aromatic rings. The van der Waals surface area contributed by atoms with Gasteiger partial charge in [-0.15, -0.1) is 0 Å². The quantitative estimate of drug-likeness (QED) is 0.846. The van der Waals surface area contributed by atoms with Crippen LogP contribution < -0.4 is 5.73 Å². The number of nitrogens with two attached hydrogens (primary N) is 1. The molecule has 1 atom stereocenters. The lowest BCUT2D eigenvalue weighted by molar-refractivity contribution is -0.155. The van der Waals surface area contributed by atoms with E-state index in [1.54, 1.807) is 45.0 Å². The summed E-state index contributed by atoms with van der Waals surface area (Å²) in [5.74, 6) is -1.61. The van der Waals surface area contributed by atoms with Crippen molar-refractivity contribution in [1.29, 1.82) is 0 Å². The van der Waals surface area contributed by atoms with Crippen LogP contribution in [0.25, 0.3) is 11.1 Å². The molecule has 2 N–H and O–H groups in total. The van der Waals surface area contributed by atoms with Crippen molar-refractivity contribution < 1.29 is 18.3 Å². The molecule has 5 heteroatoms. The molecule has 0 amide bonds. The van der Waals surface area contributed by atoms with Gasteiger partial charge in [0.2, 0.25) is 0 Å². The smallest absolute Gasteiger partial charge is 0.308 e. The molecule has 0 aromatic heterocycles. The van der Waals surface area contributed by atoms with Gasteiger partial charge < -0.3 is 10.5 Å². The van der Waals surface area contributed by atoms with E-state index in [0.717, 1.165) is 11.6 Å². The second-order valence-corrected chi connectivity index (χ2v) is 6.64. The van der Waals surface area contributed by atoms with Crippen LogP contribution >= 0.6 is 0 Å². The van der Waals surface area contributed by atoms with Gasteiger partial charge in [0.05, 0.1) is 6.42 Å². The molecule has 0 saturated carbocycles. The van der Waals surface area contributed by atoms with Crippen LogP contribution in [0.3, 0.4) is 0 Å². The normalized spacial score (nSPS) is 12.8. The SMILES string of the molecule is CC(C)(C)OC(=O)CC(N)c1ccc(-c2ccc(F)cc2F)cc1. The molecule has 0 aliphatic rings. The van der Waals surface area contributed by atoms with E-state index >= 15 is 0 Å². The summed E-state index contributed by atoms with van der Waals surface area (Å²) < 4.78 is 32.0. The number of esters is 1. The summed E-state index contributed by atoms with van der Waals surface area (Å²) in [5, 5.41) is 0. The Morgan fingerprint density at radius 1 is 1.12 bits per heavy atom. The van der Waals surface area contributed by atoms with Gasteiger partial charge in [-0.05, 0) is 44.0 Å². The number of carbonyl (C=O) groups is 1. The highest BCUT2D eigenvalue weighted by Gasteiger charge is 2.19. The Morgan fingerprint density at radius 3 is 2.29 bits per heavy atom. The second kappa shape index (κ2) is 7.09. The molecule has 0 saturated heterocycles. The van der Waals surface area contributed by atoms with Crippen molar-refractivity contribution in [2.45, 2.75) is 38.8 Å². The Bertz CT molecular complexity index is 721. The zero-order chi connectivity index (χ0) is 17.9. The molecule has 128 valence electrons. The third-order valence-electron chi connectivity index (χ3n) is 3.39. The molecule has 0 heterocycles. The number of rotatable bonds is 4. The van der Waals surface area contributed by atoms with E-state index in [9.17, 15) is 13.6 Å². The molecule has 24 heavy (non-hydrogen) atoms. The Balaban J connectivity index is 2.10. The van der Waals surface area contributed by atoms with E-state index in [1.807, 2.05) is 0 Å². The van der Waals surface area contributed by atoms with E-state index in [2.05, 4.69) is 0 Å². The zero-order valence-electron chi connectivity index (χ0n) is 14.0. The predicted molar refractivity (Wildman–Crippen MR) is 89.2 cm³/mol. The van der Waals surface area contributed by atoms with Crippen LogP contribution in [-0.4, -0.2) is 11.6 Å². The molecule has 3 nitrogen and oxygen atoms in total. The summed E-state index contributed by atoms with van der Waals surface area (Å²) in [5.41, 5.74) is 7.14. The highest BCUT2D eigenvalue weighted by atomic mass is 19.1. The number of benzene rings is 2. The minimum atomic E-state index is -0.624. The average Bonchev–Trinajstić information content (AvgIpc) is 2.45. The fourth-order valence-corrected chi connectivity index (χ4v) is 2.31. The van der Waals surface area contributed by atoms with E-state index in [4.69, 9.17) is 10.5 Å². The van der Waals surface area contributed by atoms with E-state index in [1.165, 1.54) is 12.1 Å². The molecule has 0 aliphatic carbocycles. The Labute approximate surface area is 140 Å². The summed E-state index contributed by atoms with van der Waals surface area (Å²) in [6.45, 7) is 5.38. The summed E-state index contributed by atoms with van der Waals surface area (Å²) in [6.07, 6.45) is 0.0571. The Hall–Kier alpha value is -2.27. The van der Waals surface area contributed by atoms with Crippen molar-refractivity contribution >= 4 is 5.97 Å². The van der Waals surface area contributed by atoms with Crippen LogP contribution in [-0.2, 0) is 9.53 Å². The van der Waals surface area contributed by atoms with Crippen LogP contribution in [0.1, 0.15) is 38.8 Å². The number of carbonyl (C=O) groups excluding carboxylic acids is 1. The molecule has 0 spiro atoms. The first-order valence-corrected chi connectivity index (χ1v) is 7.68. The van der Waals surface area contributed by atoms with Crippen LogP contribution in [0, 0.1) is 11.6 Å². The first-order chi connectivity index (χ1) is 11.2. The van der Waals surface area contributed by atoms with Crippen molar-refractivity contribution in [2.75, 3.05) is 0 Å². The van der Waals surface area contributed by atoms with Gasteiger partial charge in [0.1, 0.15) is 17.2 Å². The van der Waals surface area contributed by atoms with Crippen molar-refractivity contribution in [3.63, 3.8) is 0 Å². The topological polar surface area (TPSA) is 52.3 Å². The van der Waals surface area contributed by atoms with Crippen LogP contribution in [0.2, 0.25) is 0 Å². The zero-order valence-corrected chi connectivity index (χ0v) is 14.0. The van der Waals surface area contributed by atoms with Crippen LogP contribution in [0.15, 0.2) is 42.5 Å². The maximum Gasteiger partial charge on any atom is 0.308 e. The summed E-state index contributed by atoms with van der Waals surface area (Å²) in [4.78, 5) is 11.8. The molecule has 2 rings (SSSR count). The average molecular weight is 333 g/mol. The summed E-state index contributed by atoms with van der Waals surface area (Å²) >= 11 is 0. The molecular weight excluding hydrogens is 312 g/mol. The van der Waals surface area contributed by atoms with E-state index in [-0.39, 0.29) is 12.4 Å². The lowest BCUT2D eigenvalue weighted by Crippen LogP contribution is -2.26. The maximum absolute atomic E-state index is 13.8. The third kappa shape index (κ3) is 4.86. The van der Waals surface area contributed by atoms with Crippen LogP contribution in [0.5, 0.6) is 0 Å². The largest absolute Gasteiger partial charge is 0.460 e. The summed E-state index contributed by atoms with van der Waals surface area (Å²) in [7, 11) is 0. The number of hydrogen-bond donors (Lipinski definition) is 1. The molecule has 0 bridgehead atoms. The predicted octanol–water partition coefficient (Wildman–Crippen LogP) is 4.36. The minimum absolute atomic E-state index is 0.0571. The molecule has 1 unspecified atom stereocenters. The van der Waals surface area contributed by atoms with Crippen molar-refractivity contribution in [3.8, 4) is 11.1 Å². The highest BCUT2D eigenvalue weighted by Crippen LogP contribution is 2.25. The van der Waals surface area contributed by atoms with Gasteiger partial charge in [0, 0.05) is 17.7 Å². The first kappa shape index (κ1) is 18.1. The lowest BCUT2D eigenvalue weighted by Gasteiger charge is -2.21. The summed E-state index contributed by atoms with van der Waals surface area (Å²) in [6, 6.07) is 9.78. The fraction of sp³-hybridized carbons (Fsp3) is 0.316. The number of halogens is 2. The van der Waals surface area contributed by atoms with Gasteiger partial charge in [0.15, 0.2) is 0 Å². The van der Waals surface area contributed by atoms with Gasteiger partial charge >= 0.3 is 5.97 Å². The molecular formula is C19H21F2NO2. The Morgan fingerprint density at radius 2 is 1.75 bits per heavy atom. The maximum atomic E-state index is 13.8. The molecule has 0 fully saturated rings. The fourth-order valence-electron chi connectivity index (χ4n) is 2.31. The van der Waals surface area contributed by atoms with Gasteiger partial charge in [-0.1, -0.05) is 24.3 Å². The van der Waals surface area contributed by atoms with Gasteiger partial charge in [0.25, 0.3) is 0 Å². The van der Waals surface area contributed by atoms with Crippen LogP contribution in [0.4, 0.5) is 8.78 Å². The third-order valence-corrected chi connectivity index (χ3v) is 3.39. The van der Waals surface area contributed by atoms with Crippen molar-refractivity contribution in [1.82, 2.24) is 0 Å². The van der Waals surface area contributed by atoms with Gasteiger partial charge in [-0.2, -0.15) is 0 Å². The monoisotopic (exact) mass is 333 g/mol. The number of hydrogen-bond acceptors (Lipinski definition) is 3. The lowest BCUT2D eigenvalue weighted by atomic mass is 9.99. The van der Waals surface area contributed by atoms with Crippen molar-refractivity contribution in [3.05, 3.63) is 59.7 Å². The highest BCUT2D eigenvalue weighted by molar-refractivity contribution is 5.71. The molecule has 2 aromatic carbocycles. The standard InChI is InChI=1S/C19H21F2NO2/c1-19(2,3)24-18(23)11-17(22)13-6-4-12(5-7-13)15-9-8-14(20)10-16(15)21/h4-10,17H,11,22H2,1-3H3. The first-order valence-electron chi connectivity index (χ1n) is 7.68. The molecule has 0 radical (unpaired) electrons. The second-order valence-electron chi connectivity index (χ2n) is 6.64.